The van der Waals surface area contributed by atoms with E-state index in [4.69, 9.17) is 16.3 Å². The van der Waals surface area contributed by atoms with Gasteiger partial charge in [0.1, 0.15) is 0 Å². The molecular weight excluding hydrogens is 282 g/mol. The SMILES string of the molecule is CNC(=O)c1nnn(/N=C/c2ccc(Cl)cc2)c1OC. The van der Waals surface area contributed by atoms with Crippen LogP contribution in [0.3, 0.4) is 0 Å². The Morgan fingerprint density at radius 3 is 2.75 bits per heavy atom. The summed E-state index contributed by atoms with van der Waals surface area (Å²) in [5.74, 6) is -0.232. The number of halogens is 1. The minimum atomic E-state index is -0.394. The summed E-state index contributed by atoms with van der Waals surface area (Å²) in [6.45, 7) is 0. The van der Waals surface area contributed by atoms with Gasteiger partial charge in [0.05, 0.1) is 13.3 Å². The maximum Gasteiger partial charge on any atom is 0.277 e. The second kappa shape index (κ2) is 6.16. The lowest BCUT2D eigenvalue weighted by Gasteiger charge is -2.00. The number of ether oxygens (including phenoxy) is 1. The molecule has 8 heteroatoms. The summed E-state index contributed by atoms with van der Waals surface area (Å²) in [6, 6.07) is 7.10. The number of hydrogen-bond donors (Lipinski definition) is 1. The lowest BCUT2D eigenvalue weighted by Crippen LogP contribution is -2.19. The van der Waals surface area contributed by atoms with Crippen molar-refractivity contribution in [2.24, 2.45) is 5.10 Å². The first-order chi connectivity index (χ1) is 9.65. The van der Waals surface area contributed by atoms with Gasteiger partial charge in [-0.1, -0.05) is 28.5 Å². The molecule has 0 atom stereocenters. The van der Waals surface area contributed by atoms with E-state index in [9.17, 15) is 4.79 Å². The van der Waals surface area contributed by atoms with Gasteiger partial charge in [-0.3, -0.25) is 4.79 Å². The molecule has 2 aromatic rings. The number of rotatable bonds is 4. The van der Waals surface area contributed by atoms with Crippen LogP contribution in [0.2, 0.25) is 5.02 Å². The van der Waals surface area contributed by atoms with Crippen molar-refractivity contribution < 1.29 is 9.53 Å². The molecule has 1 amide bonds. The van der Waals surface area contributed by atoms with E-state index in [-0.39, 0.29) is 11.6 Å². The highest BCUT2D eigenvalue weighted by Gasteiger charge is 2.19. The number of nitrogens with zero attached hydrogens (tertiary/aromatic N) is 4. The summed E-state index contributed by atoms with van der Waals surface area (Å²) >= 11 is 5.79. The van der Waals surface area contributed by atoms with Crippen LogP contribution in [0, 0.1) is 0 Å². The molecule has 7 nitrogen and oxygen atoms in total. The van der Waals surface area contributed by atoms with Gasteiger partial charge in [-0.15, -0.1) is 5.10 Å². The molecular formula is C12H12ClN5O2. The first-order valence-electron chi connectivity index (χ1n) is 5.67. The predicted octanol–water partition coefficient (Wildman–Crippen LogP) is 1.18. The second-order valence-electron chi connectivity index (χ2n) is 3.71. The van der Waals surface area contributed by atoms with Crippen LogP contribution in [-0.2, 0) is 0 Å². The van der Waals surface area contributed by atoms with E-state index in [0.29, 0.717) is 5.02 Å². The van der Waals surface area contributed by atoms with Gasteiger partial charge in [-0.05, 0) is 22.9 Å². The van der Waals surface area contributed by atoms with Crippen molar-refractivity contribution in [2.75, 3.05) is 14.2 Å². The molecule has 20 heavy (non-hydrogen) atoms. The van der Waals surface area contributed by atoms with Gasteiger partial charge in [0.25, 0.3) is 11.8 Å². The molecule has 0 aliphatic carbocycles. The van der Waals surface area contributed by atoms with Crippen LogP contribution in [0.4, 0.5) is 0 Å². The first-order valence-corrected chi connectivity index (χ1v) is 6.05. The molecule has 1 aromatic heterocycles. The largest absolute Gasteiger partial charge is 0.478 e. The number of carbonyl (C=O) groups is 1. The molecule has 0 spiro atoms. The van der Waals surface area contributed by atoms with Gasteiger partial charge in [-0.2, -0.15) is 5.10 Å². The molecule has 0 aliphatic heterocycles. The summed E-state index contributed by atoms with van der Waals surface area (Å²) in [5.41, 5.74) is 0.900. The number of nitrogens with one attached hydrogen (secondary N) is 1. The zero-order valence-corrected chi connectivity index (χ0v) is 11.6. The summed E-state index contributed by atoms with van der Waals surface area (Å²) in [4.78, 5) is 12.7. The zero-order valence-electron chi connectivity index (χ0n) is 10.9. The van der Waals surface area contributed by atoms with Gasteiger partial charge in [0, 0.05) is 12.1 Å². The molecule has 0 bridgehead atoms. The molecule has 0 aliphatic rings. The summed E-state index contributed by atoms with van der Waals surface area (Å²) in [7, 11) is 2.91. The van der Waals surface area contributed by atoms with Crippen LogP contribution in [0.1, 0.15) is 16.1 Å². The number of aromatic nitrogens is 3. The fourth-order valence-corrected chi connectivity index (χ4v) is 1.58. The average molecular weight is 294 g/mol. The van der Waals surface area contributed by atoms with Crippen LogP contribution >= 0.6 is 11.6 Å². The third-order valence-corrected chi connectivity index (χ3v) is 2.69. The third kappa shape index (κ3) is 2.94. The highest BCUT2D eigenvalue weighted by atomic mass is 35.5. The van der Waals surface area contributed by atoms with Gasteiger partial charge >= 0.3 is 0 Å². The summed E-state index contributed by atoms with van der Waals surface area (Å²) in [6.07, 6.45) is 1.56. The maximum absolute atomic E-state index is 11.5. The Hall–Kier alpha value is -2.41. The normalized spacial score (nSPS) is 10.8. The smallest absolute Gasteiger partial charge is 0.277 e. The van der Waals surface area contributed by atoms with Crippen molar-refractivity contribution in [2.45, 2.75) is 0 Å². The van der Waals surface area contributed by atoms with Crippen molar-refractivity contribution in [1.29, 1.82) is 0 Å². The Bertz CT molecular complexity index is 636. The Labute approximate surface area is 120 Å². The molecule has 2 rings (SSSR count). The average Bonchev–Trinajstić information content (AvgIpc) is 2.88. The van der Waals surface area contributed by atoms with Gasteiger partial charge < -0.3 is 10.1 Å². The lowest BCUT2D eigenvalue weighted by atomic mass is 10.2. The van der Waals surface area contributed by atoms with Gasteiger partial charge in [0.2, 0.25) is 5.69 Å². The van der Waals surface area contributed by atoms with Gasteiger partial charge in [-0.25, -0.2) is 0 Å². The minimum absolute atomic E-state index is 0.0725. The Kier molecular flexibility index (Phi) is 4.31. The molecule has 1 heterocycles. The van der Waals surface area contributed by atoms with Crippen molar-refractivity contribution in [1.82, 2.24) is 20.4 Å². The molecule has 104 valence electrons. The van der Waals surface area contributed by atoms with E-state index in [1.54, 1.807) is 30.5 Å². The number of benzene rings is 1. The lowest BCUT2D eigenvalue weighted by molar-refractivity contribution is 0.0954. The molecule has 0 unspecified atom stereocenters. The predicted molar refractivity (Wildman–Crippen MR) is 74.4 cm³/mol. The zero-order chi connectivity index (χ0) is 14.5. The van der Waals surface area contributed by atoms with E-state index >= 15 is 0 Å². The molecule has 0 radical (unpaired) electrons. The molecule has 0 fully saturated rings. The fourth-order valence-electron chi connectivity index (χ4n) is 1.45. The topological polar surface area (TPSA) is 81.4 Å². The summed E-state index contributed by atoms with van der Waals surface area (Å²) in [5, 5.41) is 14.6. The van der Waals surface area contributed by atoms with Crippen LogP contribution < -0.4 is 10.1 Å². The second-order valence-corrected chi connectivity index (χ2v) is 4.15. The van der Waals surface area contributed by atoms with E-state index in [1.807, 2.05) is 0 Å². The monoisotopic (exact) mass is 293 g/mol. The van der Waals surface area contributed by atoms with Gasteiger partial charge in [0.15, 0.2) is 0 Å². The number of amides is 1. The van der Waals surface area contributed by atoms with Crippen LogP contribution in [0.25, 0.3) is 0 Å². The minimum Gasteiger partial charge on any atom is -0.478 e. The molecule has 1 N–H and O–H groups in total. The standard InChI is InChI=1S/C12H12ClN5O2/c1-14-11(19)10-12(20-2)18(17-16-10)15-7-8-3-5-9(13)6-4-8/h3-7H,1-2H3,(H,14,19)/b15-7+. The van der Waals surface area contributed by atoms with Crippen molar-refractivity contribution in [3.63, 3.8) is 0 Å². The molecule has 1 aromatic carbocycles. The highest BCUT2D eigenvalue weighted by Crippen LogP contribution is 2.14. The number of carbonyl (C=O) groups excluding carboxylic acids is 1. The fraction of sp³-hybridized carbons (Fsp3) is 0.167. The highest BCUT2D eigenvalue weighted by molar-refractivity contribution is 6.30. The molecule has 0 saturated carbocycles. The number of hydrogen-bond acceptors (Lipinski definition) is 5. The number of methoxy groups -OCH3 is 1. The quantitative estimate of drug-likeness (QED) is 0.858. The Morgan fingerprint density at radius 2 is 2.15 bits per heavy atom. The van der Waals surface area contributed by atoms with E-state index in [2.05, 4.69) is 20.7 Å². The third-order valence-electron chi connectivity index (χ3n) is 2.44. The van der Waals surface area contributed by atoms with Crippen LogP contribution in [0.5, 0.6) is 5.88 Å². The molecule has 0 saturated heterocycles. The Morgan fingerprint density at radius 1 is 1.45 bits per heavy atom. The van der Waals surface area contributed by atoms with Crippen molar-refractivity contribution in [3.05, 3.63) is 40.5 Å². The van der Waals surface area contributed by atoms with Crippen LogP contribution in [-0.4, -0.2) is 41.4 Å². The first kappa shape index (κ1) is 14.0. The maximum atomic E-state index is 11.5. The summed E-state index contributed by atoms with van der Waals surface area (Å²) < 4.78 is 5.09. The van der Waals surface area contributed by atoms with Crippen LogP contribution in [0.15, 0.2) is 29.4 Å². The van der Waals surface area contributed by atoms with Crippen molar-refractivity contribution in [3.8, 4) is 5.88 Å². The van der Waals surface area contributed by atoms with E-state index in [0.717, 1.165) is 10.4 Å². The van der Waals surface area contributed by atoms with E-state index < -0.39 is 5.91 Å². The van der Waals surface area contributed by atoms with Crippen molar-refractivity contribution >= 4 is 23.7 Å². The Balaban J connectivity index is 2.27. The van der Waals surface area contributed by atoms with E-state index in [1.165, 1.54) is 14.2 Å².